The number of hydrogen-bond donors (Lipinski definition) is 3. The Bertz CT molecular complexity index is 684. The molecule has 0 aromatic rings. The van der Waals surface area contributed by atoms with Crippen molar-refractivity contribution in [2.75, 3.05) is 6.61 Å². The average Bonchev–Trinajstić information content (AvgIpc) is 3.05. The second-order valence-corrected chi connectivity index (χ2v) is 11.8. The first-order valence-electron chi connectivity index (χ1n) is 12.5. The van der Waals surface area contributed by atoms with Gasteiger partial charge >= 0.3 is 0 Å². The highest BCUT2D eigenvalue weighted by atomic mass is 16.3. The largest absolute Gasteiger partial charge is 0.396 e. The van der Waals surface area contributed by atoms with Gasteiger partial charge in [-0.2, -0.15) is 0 Å². The molecule has 0 aromatic heterocycles. The van der Waals surface area contributed by atoms with Crippen LogP contribution in [0.5, 0.6) is 0 Å². The van der Waals surface area contributed by atoms with Crippen molar-refractivity contribution in [2.24, 2.45) is 40.4 Å². The van der Waals surface area contributed by atoms with Crippen LogP contribution in [0, 0.1) is 40.4 Å². The molecule has 0 bridgehead atoms. The molecule has 0 amide bonds. The minimum atomic E-state index is -0.665. The maximum atomic E-state index is 10.7. The second kappa shape index (κ2) is 8.37. The van der Waals surface area contributed by atoms with Gasteiger partial charge in [-0.1, -0.05) is 25.5 Å². The van der Waals surface area contributed by atoms with Gasteiger partial charge < -0.3 is 15.3 Å². The minimum absolute atomic E-state index is 0.0544. The molecule has 3 N–H and O–H groups in total. The third kappa shape index (κ3) is 3.53. The van der Waals surface area contributed by atoms with Gasteiger partial charge in [0.15, 0.2) is 0 Å². The monoisotopic (exact) mass is 416 g/mol. The topological polar surface area (TPSA) is 60.7 Å². The van der Waals surface area contributed by atoms with Crippen molar-refractivity contribution in [1.29, 1.82) is 0 Å². The smallest absolute Gasteiger partial charge is 0.101 e. The van der Waals surface area contributed by atoms with Crippen molar-refractivity contribution in [3.05, 3.63) is 23.8 Å². The van der Waals surface area contributed by atoms with Gasteiger partial charge in [-0.15, -0.1) is 6.58 Å². The molecule has 9 atom stereocenters. The van der Waals surface area contributed by atoms with E-state index in [1.165, 1.54) is 31.3 Å². The molecular formula is C27H44O3. The molecule has 0 radical (unpaired) electrons. The van der Waals surface area contributed by atoms with Gasteiger partial charge in [0.1, 0.15) is 6.10 Å². The standard InChI is InChI=1S/C27H44O3/c1-17(2)6-5-7-18(16-28)20-10-11-21-19-8-9-23-25(30)24(29)13-15-27(23,4)22(19)12-14-26(20,21)3/h9,18-22,24-25,28-30H,1,5-8,10-16H2,2-4H3/t18-,19-,20+,21-,22-,24?,25?,26+,27+/m0/s1. The van der Waals surface area contributed by atoms with Crippen LogP contribution in [-0.2, 0) is 0 Å². The summed E-state index contributed by atoms with van der Waals surface area (Å²) in [5, 5.41) is 31.2. The van der Waals surface area contributed by atoms with Gasteiger partial charge in [0.25, 0.3) is 0 Å². The van der Waals surface area contributed by atoms with Crippen LogP contribution in [0.15, 0.2) is 23.8 Å². The Morgan fingerprint density at radius 2 is 1.90 bits per heavy atom. The molecule has 0 spiro atoms. The van der Waals surface area contributed by atoms with E-state index in [9.17, 15) is 15.3 Å². The Labute approximate surface area is 183 Å². The van der Waals surface area contributed by atoms with E-state index in [-0.39, 0.29) is 5.41 Å². The van der Waals surface area contributed by atoms with E-state index >= 15 is 0 Å². The van der Waals surface area contributed by atoms with E-state index in [1.807, 2.05) is 0 Å². The van der Waals surface area contributed by atoms with Crippen molar-refractivity contribution in [2.45, 2.75) is 97.2 Å². The van der Waals surface area contributed by atoms with E-state index in [0.29, 0.717) is 35.7 Å². The summed E-state index contributed by atoms with van der Waals surface area (Å²) < 4.78 is 0. The molecule has 170 valence electrons. The van der Waals surface area contributed by atoms with Crippen LogP contribution >= 0.6 is 0 Å². The maximum absolute atomic E-state index is 10.7. The number of aliphatic hydroxyl groups is 3. The van der Waals surface area contributed by atoms with Crippen molar-refractivity contribution in [1.82, 2.24) is 0 Å². The summed E-state index contributed by atoms with van der Waals surface area (Å²) in [5.41, 5.74) is 2.78. The highest BCUT2D eigenvalue weighted by Gasteiger charge is 2.60. The quantitative estimate of drug-likeness (QED) is 0.518. The normalized spacial score (nSPS) is 46.4. The summed E-state index contributed by atoms with van der Waals surface area (Å²) in [6.45, 7) is 11.4. The predicted octanol–water partition coefficient (Wildman–Crippen LogP) is 5.25. The molecule has 4 aliphatic carbocycles. The lowest BCUT2D eigenvalue weighted by Gasteiger charge is -2.59. The van der Waals surface area contributed by atoms with Gasteiger partial charge in [-0.05, 0) is 117 Å². The molecule has 0 saturated heterocycles. The third-order valence-electron chi connectivity index (χ3n) is 10.2. The second-order valence-electron chi connectivity index (χ2n) is 11.8. The van der Waals surface area contributed by atoms with E-state index < -0.39 is 12.2 Å². The van der Waals surface area contributed by atoms with Crippen LogP contribution in [0.1, 0.15) is 85.0 Å². The fraction of sp³-hybridized carbons (Fsp3) is 0.852. The molecular weight excluding hydrogens is 372 g/mol. The summed E-state index contributed by atoms with van der Waals surface area (Å²) in [6, 6.07) is 0. The van der Waals surface area contributed by atoms with Gasteiger partial charge in [0.05, 0.1) is 6.10 Å². The number of rotatable bonds is 6. The Hall–Kier alpha value is -0.640. The first kappa shape index (κ1) is 22.6. The van der Waals surface area contributed by atoms with Crippen LogP contribution in [0.4, 0.5) is 0 Å². The van der Waals surface area contributed by atoms with Gasteiger partial charge in [0, 0.05) is 6.61 Å². The molecule has 4 aliphatic rings. The Morgan fingerprint density at radius 3 is 2.60 bits per heavy atom. The van der Waals surface area contributed by atoms with E-state index in [1.54, 1.807) is 0 Å². The molecule has 0 aliphatic heterocycles. The zero-order valence-electron chi connectivity index (χ0n) is 19.4. The summed E-state index contributed by atoms with van der Waals surface area (Å²) in [6.07, 6.45) is 12.2. The lowest BCUT2D eigenvalue weighted by atomic mass is 9.46. The average molecular weight is 417 g/mol. The van der Waals surface area contributed by atoms with Crippen LogP contribution < -0.4 is 0 Å². The van der Waals surface area contributed by atoms with Crippen molar-refractivity contribution >= 4 is 0 Å². The van der Waals surface area contributed by atoms with Crippen LogP contribution in [-0.4, -0.2) is 34.1 Å². The Morgan fingerprint density at radius 1 is 1.13 bits per heavy atom. The number of fused-ring (bicyclic) bond motifs is 5. The van der Waals surface area contributed by atoms with Gasteiger partial charge in [0.2, 0.25) is 0 Å². The van der Waals surface area contributed by atoms with E-state index in [4.69, 9.17) is 0 Å². The zero-order valence-corrected chi connectivity index (χ0v) is 19.4. The Kier molecular flexibility index (Phi) is 6.29. The summed E-state index contributed by atoms with van der Waals surface area (Å²) in [4.78, 5) is 0. The molecule has 3 fully saturated rings. The van der Waals surface area contributed by atoms with Crippen LogP contribution in [0.3, 0.4) is 0 Å². The first-order chi connectivity index (χ1) is 14.2. The van der Waals surface area contributed by atoms with E-state index in [0.717, 1.165) is 50.0 Å². The predicted molar refractivity (Wildman–Crippen MR) is 122 cm³/mol. The third-order valence-corrected chi connectivity index (χ3v) is 10.2. The summed E-state index contributed by atoms with van der Waals surface area (Å²) >= 11 is 0. The Balaban J connectivity index is 1.53. The zero-order chi connectivity index (χ0) is 21.7. The highest BCUT2D eigenvalue weighted by Crippen LogP contribution is 2.67. The van der Waals surface area contributed by atoms with Gasteiger partial charge in [-0.25, -0.2) is 0 Å². The summed E-state index contributed by atoms with van der Waals surface area (Å²) in [5.74, 6) is 3.12. The van der Waals surface area contributed by atoms with E-state index in [2.05, 4.69) is 33.4 Å². The van der Waals surface area contributed by atoms with Crippen LogP contribution in [0.2, 0.25) is 0 Å². The highest BCUT2D eigenvalue weighted by molar-refractivity contribution is 5.29. The van der Waals surface area contributed by atoms with Crippen molar-refractivity contribution < 1.29 is 15.3 Å². The maximum Gasteiger partial charge on any atom is 0.101 e. The molecule has 3 nitrogen and oxygen atoms in total. The molecule has 2 unspecified atom stereocenters. The van der Waals surface area contributed by atoms with Crippen LogP contribution in [0.25, 0.3) is 0 Å². The lowest BCUT2D eigenvalue weighted by Crippen LogP contribution is -2.54. The molecule has 0 heterocycles. The summed E-state index contributed by atoms with van der Waals surface area (Å²) in [7, 11) is 0. The molecule has 4 rings (SSSR count). The number of allylic oxidation sites excluding steroid dienone is 2. The first-order valence-corrected chi connectivity index (χ1v) is 12.5. The minimum Gasteiger partial charge on any atom is -0.396 e. The number of hydrogen-bond acceptors (Lipinski definition) is 3. The lowest BCUT2D eigenvalue weighted by molar-refractivity contribution is -0.0828. The van der Waals surface area contributed by atoms with Crippen molar-refractivity contribution in [3.63, 3.8) is 0 Å². The van der Waals surface area contributed by atoms with Crippen molar-refractivity contribution in [3.8, 4) is 0 Å². The molecule has 30 heavy (non-hydrogen) atoms. The van der Waals surface area contributed by atoms with Gasteiger partial charge in [-0.3, -0.25) is 0 Å². The molecule has 3 heteroatoms. The SMILES string of the molecule is C=C(C)CCC[C@@H](CO)[C@H]1CC[C@H]2[C@@H]3CC=C4C(O)C(O)CC[C@]4(C)[C@H]3CC[C@]12C. The molecule has 0 aromatic carbocycles. The fourth-order valence-corrected chi connectivity index (χ4v) is 8.62. The number of aliphatic hydroxyl groups excluding tert-OH is 3. The fourth-order valence-electron chi connectivity index (χ4n) is 8.62. The molecule has 3 saturated carbocycles.